The van der Waals surface area contributed by atoms with Gasteiger partial charge in [-0.15, -0.1) is 10.2 Å². The molecule has 1 aliphatic rings. The molecule has 0 aromatic carbocycles. The molecule has 0 saturated heterocycles. The van der Waals surface area contributed by atoms with E-state index >= 15 is 0 Å². The van der Waals surface area contributed by atoms with E-state index in [1.54, 1.807) is 11.3 Å². The smallest absolute Gasteiger partial charge is 0.142 e. The van der Waals surface area contributed by atoms with Gasteiger partial charge in [0.1, 0.15) is 5.01 Å². The highest BCUT2D eigenvalue weighted by Crippen LogP contribution is 2.59. The van der Waals surface area contributed by atoms with Gasteiger partial charge in [-0.25, -0.2) is 0 Å². The highest BCUT2D eigenvalue weighted by atomic mass is 79.9. The van der Waals surface area contributed by atoms with Crippen LogP contribution in [-0.2, 0) is 0 Å². The predicted octanol–water partition coefficient (Wildman–Crippen LogP) is 2.81. The molecular weight excluding hydrogens is 224 g/mol. The number of halogens is 1. The van der Waals surface area contributed by atoms with Crippen LogP contribution in [0.5, 0.6) is 0 Å². The van der Waals surface area contributed by atoms with E-state index in [-0.39, 0.29) is 0 Å². The first-order chi connectivity index (χ1) is 5.09. The van der Waals surface area contributed by atoms with E-state index in [2.05, 4.69) is 40.0 Å². The molecule has 60 valence electrons. The summed E-state index contributed by atoms with van der Waals surface area (Å²) in [4.78, 5) is 0. The summed E-state index contributed by atoms with van der Waals surface area (Å²) in [6.45, 7) is 4.54. The monoisotopic (exact) mass is 232 g/mol. The fourth-order valence-electron chi connectivity index (χ4n) is 1.25. The predicted molar refractivity (Wildman–Crippen MR) is 48.7 cm³/mol. The lowest BCUT2D eigenvalue weighted by atomic mass is 10.1. The summed E-state index contributed by atoms with van der Waals surface area (Å²) >= 11 is 4.97. The molecule has 1 aromatic heterocycles. The lowest BCUT2D eigenvalue weighted by Crippen LogP contribution is -1.88. The minimum absolute atomic E-state index is 0.471. The van der Waals surface area contributed by atoms with Gasteiger partial charge in [-0.2, -0.15) is 0 Å². The van der Waals surface area contributed by atoms with Crippen molar-refractivity contribution in [1.82, 2.24) is 10.2 Å². The minimum Gasteiger partial charge on any atom is -0.142 e. The van der Waals surface area contributed by atoms with Gasteiger partial charge in [0.15, 0.2) is 3.92 Å². The van der Waals surface area contributed by atoms with E-state index in [9.17, 15) is 0 Å². The van der Waals surface area contributed by atoms with Crippen molar-refractivity contribution in [1.29, 1.82) is 0 Å². The first kappa shape index (κ1) is 7.68. The van der Waals surface area contributed by atoms with Gasteiger partial charge in [0, 0.05) is 5.92 Å². The Morgan fingerprint density at radius 2 is 2.18 bits per heavy atom. The molecule has 0 spiro atoms. The topological polar surface area (TPSA) is 25.8 Å². The van der Waals surface area contributed by atoms with Crippen molar-refractivity contribution < 1.29 is 0 Å². The second-order valence-corrected chi connectivity index (χ2v) is 5.92. The zero-order valence-corrected chi connectivity index (χ0v) is 8.87. The van der Waals surface area contributed by atoms with Gasteiger partial charge in [-0.3, -0.25) is 0 Å². The van der Waals surface area contributed by atoms with Crippen LogP contribution >= 0.6 is 27.3 Å². The van der Waals surface area contributed by atoms with Crippen LogP contribution in [0.3, 0.4) is 0 Å². The third-order valence-corrected chi connectivity index (χ3v) is 3.70. The molecule has 11 heavy (non-hydrogen) atoms. The van der Waals surface area contributed by atoms with Gasteiger partial charge in [0.05, 0.1) is 0 Å². The van der Waals surface area contributed by atoms with E-state index in [1.807, 2.05) is 0 Å². The summed E-state index contributed by atoms with van der Waals surface area (Å²) in [5, 5.41) is 9.21. The zero-order valence-electron chi connectivity index (χ0n) is 6.47. The Hall–Kier alpha value is 0.0400. The molecule has 1 aliphatic carbocycles. The van der Waals surface area contributed by atoms with Crippen LogP contribution in [0, 0.1) is 5.41 Å². The van der Waals surface area contributed by atoms with Crippen molar-refractivity contribution in [3.05, 3.63) is 8.92 Å². The summed E-state index contributed by atoms with van der Waals surface area (Å²) in [7, 11) is 0. The first-order valence-electron chi connectivity index (χ1n) is 3.58. The maximum atomic E-state index is 4.10. The maximum absolute atomic E-state index is 4.10. The number of rotatable bonds is 1. The third kappa shape index (κ3) is 1.34. The molecule has 2 nitrogen and oxygen atoms in total. The maximum Gasteiger partial charge on any atom is 0.183 e. The van der Waals surface area contributed by atoms with E-state index in [0.717, 1.165) is 3.92 Å². The zero-order chi connectivity index (χ0) is 8.06. The number of hydrogen-bond donors (Lipinski definition) is 0. The van der Waals surface area contributed by atoms with E-state index < -0.39 is 0 Å². The summed E-state index contributed by atoms with van der Waals surface area (Å²) in [5.41, 5.74) is 0.471. The van der Waals surface area contributed by atoms with Crippen LogP contribution in [0.15, 0.2) is 3.92 Å². The third-order valence-electron chi connectivity index (χ3n) is 2.23. The van der Waals surface area contributed by atoms with Gasteiger partial charge >= 0.3 is 0 Å². The molecule has 0 aliphatic heterocycles. The standard InChI is InChI=1S/C7H9BrN2S/c1-7(2)3-4(7)5-9-10-6(8)11-5/h4H,3H2,1-2H3. The molecule has 2 rings (SSSR count). The summed E-state index contributed by atoms with van der Waals surface area (Å²) in [6, 6.07) is 0. The molecule has 0 N–H and O–H groups in total. The molecule has 0 amide bonds. The van der Waals surface area contributed by atoms with Crippen molar-refractivity contribution in [2.45, 2.75) is 26.2 Å². The van der Waals surface area contributed by atoms with Crippen LogP contribution in [-0.4, -0.2) is 10.2 Å². The van der Waals surface area contributed by atoms with Gasteiger partial charge in [-0.05, 0) is 27.8 Å². The minimum atomic E-state index is 0.471. The van der Waals surface area contributed by atoms with E-state index in [0.29, 0.717) is 11.3 Å². The second kappa shape index (κ2) is 2.26. The molecule has 4 heteroatoms. The van der Waals surface area contributed by atoms with Gasteiger partial charge in [0.2, 0.25) is 0 Å². The van der Waals surface area contributed by atoms with E-state index in [1.165, 1.54) is 11.4 Å². The first-order valence-corrected chi connectivity index (χ1v) is 5.19. The fraction of sp³-hybridized carbons (Fsp3) is 0.714. The van der Waals surface area contributed by atoms with Crippen molar-refractivity contribution in [2.24, 2.45) is 5.41 Å². The molecule has 1 heterocycles. The molecule has 1 fully saturated rings. The summed E-state index contributed by atoms with van der Waals surface area (Å²) in [6.07, 6.45) is 1.26. The quantitative estimate of drug-likeness (QED) is 0.745. The number of hydrogen-bond acceptors (Lipinski definition) is 3. The van der Waals surface area contributed by atoms with Crippen LogP contribution in [0.1, 0.15) is 31.2 Å². The lowest BCUT2D eigenvalue weighted by Gasteiger charge is -1.96. The van der Waals surface area contributed by atoms with Gasteiger partial charge < -0.3 is 0 Å². The largest absolute Gasteiger partial charge is 0.183 e. The molecule has 1 atom stereocenters. The fourth-order valence-corrected chi connectivity index (χ4v) is 2.70. The van der Waals surface area contributed by atoms with Gasteiger partial charge in [-0.1, -0.05) is 25.2 Å². The molecule has 0 bridgehead atoms. The van der Waals surface area contributed by atoms with E-state index in [4.69, 9.17) is 0 Å². The highest BCUT2D eigenvalue weighted by molar-refractivity contribution is 9.11. The lowest BCUT2D eigenvalue weighted by molar-refractivity contribution is 0.618. The van der Waals surface area contributed by atoms with Crippen molar-refractivity contribution in [3.63, 3.8) is 0 Å². The Labute approximate surface area is 78.2 Å². The Morgan fingerprint density at radius 1 is 1.55 bits per heavy atom. The normalized spacial score (nSPS) is 27.0. The summed E-state index contributed by atoms with van der Waals surface area (Å²) in [5.74, 6) is 0.659. The van der Waals surface area contributed by atoms with Crippen molar-refractivity contribution in [2.75, 3.05) is 0 Å². The second-order valence-electron chi connectivity index (χ2n) is 3.64. The number of aromatic nitrogens is 2. The highest BCUT2D eigenvalue weighted by Gasteiger charge is 2.48. The van der Waals surface area contributed by atoms with Crippen LogP contribution in [0.2, 0.25) is 0 Å². The molecule has 1 unspecified atom stereocenters. The SMILES string of the molecule is CC1(C)CC1c1nnc(Br)s1. The average molecular weight is 233 g/mol. The molecule has 0 radical (unpaired) electrons. The van der Waals surface area contributed by atoms with Crippen LogP contribution < -0.4 is 0 Å². The average Bonchev–Trinajstić information content (AvgIpc) is 2.39. The summed E-state index contributed by atoms with van der Waals surface area (Å²) < 4.78 is 0.898. The van der Waals surface area contributed by atoms with Crippen molar-refractivity contribution >= 4 is 27.3 Å². The Morgan fingerprint density at radius 3 is 2.55 bits per heavy atom. The van der Waals surface area contributed by atoms with Crippen LogP contribution in [0.25, 0.3) is 0 Å². The Kier molecular flexibility index (Phi) is 1.58. The van der Waals surface area contributed by atoms with Gasteiger partial charge in [0.25, 0.3) is 0 Å². The molecular formula is C7H9BrN2S. The molecule has 1 aromatic rings. The number of nitrogens with zero attached hydrogens (tertiary/aromatic N) is 2. The Balaban J connectivity index is 2.20. The van der Waals surface area contributed by atoms with Crippen LogP contribution in [0.4, 0.5) is 0 Å². The molecule has 1 saturated carbocycles. The van der Waals surface area contributed by atoms with Crippen molar-refractivity contribution in [3.8, 4) is 0 Å². The Bertz CT molecular complexity index is 282.